The summed E-state index contributed by atoms with van der Waals surface area (Å²) in [4.78, 5) is 6.36. The number of pyridine rings is 1. The lowest BCUT2D eigenvalue weighted by Crippen LogP contribution is -2.42. The average Bonchev–Trinajstić information content (AvgIpc) is 2.22. The van der Waals surface area contributed by atoms with Crippen molar-refractivity contribution in [1.82, 2.24) is 4.98 Å². The minimum Gasteiger partial charge on any atom is -0.396 e. The number of hydrogen-bond acceptors (Lipinski definition) is 5. The van der Waals surface area contributed by atoms with E-state index >= 15 is 0 Å². The molecule has 16 heavy (non-hydrogen) atoms. The van der Waals surface area contributed by atoms with Crippen molar-refractivity contribution < 1.29 is 5.11 Å². The smallest absolute Gasteiger partial charge is 0.149 e. The van der Waals surface area contributed by atoms with Crippen LogP contribution in [-0.4, -0.2) is 28.8 Å². The van der Waals surface area contributed by atoms with Crippen LogP contribution in [0.3, 0.4) is 0 Å². The van der Waals surface area contributed by atoms with Crippen molar-refractivity contribution in [1.29, 1.82) is 0 Å². The number of aromatic nitrogens is 1. The normalized spacial score (nSPS) is 19.8. The second kappa shape index (κ2) is 3.83. The molecule has 1 aliphatic heterocycles. The first-order chi connectivity index (χ1) is 7.48. The number of aliphatic hydroxyl groups is 1. The second-order valence-corrected chi connectivity index (χ2v) is 4.63. The quantitative estimate of drug-likeness (QED) is 0.647. The van der Waals surface area contributed by atoms with E-state index in [0.29, 0.717) is 11.5 Å². The average molecular weight is 222 g/mol. The molecule has 0 aliphatic carbocycles. The maximum absolute atomic E-state index is 9.85. The molecule has 2 rings (SSSR count). The third-order valence-corrected chi connectivity index (χ3v) is 3.11. The van der Waals surface area contributed by atoms with E-state index in [-0.39, 0.29) is 0 Å². The van der Waals surface area contributed by atoms with Crippen molar-refractivity contribution in [3.63, 3.8) is 0 Å². The Morgan fingerprint density at radius 2 is 1.94 bits per heavy atom. The van der Waals surface area contributed by atoms with Gasteiger partial charge < -0.3 is 21.5 Å². The van der Waals surface area contributed by atoms with Crippen LogP contribution in [0.2, 0.25) is 0 Å². The molecule has 1 aromatic rings. The molecule has 0 radical (unpaired) electrons. The van der Waals surface area contributed by atoms with Crippen molar-refractivity contribution in [3.05, 3.63) is 12.1 Å². The largest absolute Gasteiger partial charge is 0.396 e. The minimum atomic E-state index is -0.546. The number of nitrogen functional groups attached to an aromatic ring is 2. The van der Waals surface area contributed by atoms with E-state index in [0.717, 1.165) is 31.7 Å². The number of piperidine rings is 1. The van der Waals surface area contributed by atoms with Gasteiger partial charge in [-0.25, -0.2) is 4.98 Å². The summed E-state index contributed by atoms with van der Waals surface area (Å²) in [6, 6.07) is 3.64. The van der Waals surface area contributed by atoms with Crippen LogP contribution in [0.15, 0.2) is 12.1 Å². The molecule has 2 heterocycles. The lowest BCUT2D eigenvalue weighted by Gasteiger charge is -2.36. The molecular weight excluding hydrogens is 204 g/mol. The first kappa shape index (κ1) is 11.0. The van der Waals surface area contributed by atoms with Gasteiger partial charge in [0.2, 0.25) is 0 Å². The fraction of sp³-hybridized carbons (Fsp3) is 0.545. The molecule has 5 heteroatoms. The molecule has 0 saturated carbocycles. The first-order valence-corrected chi connectivity index (χ1v) is 5.47. The predicted molar refractivity (Wildman–Crippen MR) is 65.1 cm³/mol. The zero-order valence-electron chi connectivity index (χ0n) is 9.48. The molecule has 0 atom stereocenters. The zero-order chi connectivity index (χ0) is 11.8. The highest BCUT2D eigenvalue weighted by Crippen LogP contribution is 2.26. The van der Waals surface area contributed by atoms with Crippen molar-refractivity contribution in [2.75, 3.05) is 29.5 Å². The molecular formula is C11H18N4O. The molecule has 5 nitrogen and oxygen atoms in total. The third kappa shape index (κ3) is 2.19. The van der Waals surface area contributed by atoms with Crippen LogP contribution < -0.4 is 16.4 Å². The standard InChI is InChI=1S/C11H18N4O/c1-11(16)4-6-15(7-5-11)9-3-2-8(12)10(13)14-9/h2-3,16H,4-7,12H2,1H3,(H2,13,14). The van der Waals surface area contributed by atoms with Gasteiger partial charge in [-0.15, -0.1) is 0 Å². The van der Waals surface area contributed by atoms with E-state index < -0.39 is 5.60 Å². The molecule has 1 aliphatic rings. The van der Waals surface area contributed by atoms with Gasteiger partial charge in [-0.3, -0.25) is 0 Å². The van der Waals surface area contributed by atoms with Crippen LogP contribution >= 0.6 is 0 Å². The van der Waals surface area contributed by atoms with Crippen LogP contribution in [0.4, 0.5) is 17.3 Å². The highest BCUT2D eigenvalue weighted by atomic mass is 16.3. The number of rotatable bonds is 1. The van der Waals surface area contributed by atoms with E-state index in [4.69, 9.17) is 11.5 Å². The summed E-state index contributed by atoms with van der Waals surface area (Å²) in [5, 5.41) is 9.85. The Bertz CT molecular complexity index is 382. The summed E-state index contributed by atoms with van der Waals surface area (Å²) in [5.74, 6) is 1.21. The zero-order valence-corrected chi connectivity index (χ0v) is 9.48. The highest BCUT2D eigenvalue weighted by molar-refractivity contribution is 5.62. The van der Waals surface area contributed by atoms with Gasteiger partial charge >= 0.3 is 0 Å². The Kier molecular flexibility index (Phi) is 2.63. The van der Waals surface area contributed by atoms with Gasteiger partial charge in [0.15, 0.2) is 0 Å². The summed E-state index contributed by atoms with van der Waals surface area (Å²) in [7, 11) is 0. The van der Waals surface area contributed by atoms with Gasteiger partial charge in [-0.1, -0.05) is 0 Å². The molecule has 0 amide bonds. The number of nitrogens with zero attached hydrogens (tertiary/aromatic N) is 2. The maximum Gasteiger partial charge on any atom is 0.149 e. The van der Waals surface area contributed by atoms with Gasteiger partial charge in [0.25, 0.3) is 0 Å². The molecule has 0 unspecified atom stereocenters. The van der Waals surface area contributed by atoms with Gasteiger partial charge in [0.05, 0.1) is 11.3 Å². The second-order valence-electron chi connectivity index (χ2n) is 4.63. The van der Waals surface area contributed by atoms with Gasteiger partial charge in [-0.2, -0.15) is 0 Å². The molecule has 1 fully saturated rings. The summed E-state index contributed by atoms with van der Waals surface area (Å²) in [6.45, 7) is 3.46. The van der Waals surface area contributed by atoms with E-state index in [1.54, 1.807) is 6.07 Å². The summed E-state index contributed by atoms with van der Waals surface area (Å²) in [5.41, 5.74) is 11.2. The van der Waals surface area contributed by atoms with Gasteiger partial charge in [-0.05, 0) is 31.9 Å². The number of hydrogen-bond donors (Lipinski definition) is 3. The van der Waals surface area contributed by atoms with Crippen LogP contribution in [0, 0.1) is 0 Å². The fourth-order valence-corrected chi connectivity index (χ4v) is 1.87. The molecule has 1 saturated heterocycles. The van der Waals surface area contributed by atoms with Crippen molar-refractivity contribution in [3.8, 4) is 0 Å². The summed E-state index contributed by atoms with van der Waals surface area (Å²) in [6.07, 6.45) is 1.50. The Balaban J connectivity index is 2.11. The van der Waals surface area contributed by atoms with E-state index in [2.05, 4.69) is 9.88 Å². The molecule has 88 valence electrons. The number of nitrogens with two attached hydrogens (primary N) is 2. The Hall–Kier alpha value is -1.49. The lowest BCUT2D eigenvalue weighted by molar-refractivity contribution is 0.0350. The third-order valence-electron chi connectivity index (χ3n) is 3.11. The van der Waals surface area contributed by atoms with E-state index in [1.165, 1.54) is 0 Å². The maximum atomic E-state index is 9.85. The minimum absolute atomic E-state index is 0.370. The SMILES string of the molecule is CC1(O)CCN(c2ccc(N)c(N)n2)CC1. The molecule has 0 spiro atoms. The van der Waals surface area contributed by atoms with Gasteiger partial charge in [0, 0.05) is 13.1 Å². The van der Waals surface area contributed by atoms with Crippen molar-refractivity contribution in [2.45, 2.75) is 25.4 Å². The molecule has 1 aromatic heterocycles. The summed E-state index contributed by atoms with van der Waals surface area (Å²) < 4.78 is 0. The first-order valence-electron chi connectivity index (χ1n) is 5.47. The topological polar surface area (TPSA) is 88.4 Å². The lowest BCUT2D eigenvalue weighted by atomic mass is 9.94. The Morgan fingerprint density at radius 3 is 2.50 bits per heavy atom. The monoisotopic (exact) mass is 222 g/mol. The van der Waals surface area contributed by atoms with E-state index in [1.807, 2.05) is 13.0 Å². The molecule has 0 aromatic carbocycles. The van der Waals surface area contributed by atoms with Crippen molar-refractivity contribution in [2.24, 2.45) is 0 Å². The van der Waals surface area contributed by atoms with Crippen LogP contribution in [0.5, 0.6) is 0 Å². The van der Waals surface area contributed by atoms with Gasteiger partial charge in [0.1, 0.15) is 11.6 Å². The Morgan fingerprint density at radius 1 is 1.31 bits per heavy atom. The fourth-order valence-electron chi connectivity index (χ4n) is 1.87. The number of anilines is 3. The molecule has 0 bridgehead atoms. The van der Waals surface area contributed by atoms with E-state index in [9.17, 15) is 5.11 Å². The van der Waals surface area contributed by atoms with Crippen LogP contribution in [0.25, 0.3) is 0 Å². The highest BCUT2D eigenvalue weighted by Gasteiger charge is 2.27. The molecule has 5 N–H and O–H groups in total. The summed E-state index contributed by atoms with van der Waals surface area (Å²) >= 11 is 0. The van der Waals surface area contributed by atoms with Crippen LogP contribution in [0.1, 0.15) is 19.8 Å². The van der Waals surface area contributed by atoms with Crippen LogP contribution in [-0.2, 0) is 0 Å². The predicted octanol–water partition coefficient (Wildman–Crippen LogP) is 0.597. The Labute approximate surface area is 95.1 Å². The van der Waals surface area contributed by atoms with Crippen molar-refractivity contribution >= 4 is 17.3 Å².